The lowest BCUT2D eigenvalue weighted by molar-refractivity contribution is 0.669. The molecule has 0 saturated carbocycles. The predicted octanol–water partition coefficient (Wildman–Crippen LogP) is 17.1. The van der Waals surface area contributed by atoms with Crippen LogP contribution in [0, 0.1) is 0 Å². The van der Waals surface area contributed by atoms with Gasteiger partial charge in [0, 0.05) is 27.5 Å². The fourth-order valence-corrected chi connectivity index (χ4v) is 10.5. The molecule has 14 rings (SSSR count). The molecule has 2 heterocycles. The van der Waals surface area contributed by atoms with Gasteiger partial charge in [0.2, 0.25) is 0 Å². The topological polar surface area (TPSA) is 38.9 Å². The first-order chi connectivity index (χ1) is 32.2. The van der Waals surface area contributed by atoms with Crippen LogP contribution in [0.5, 0.6) is 0 Å². The van der Waals surface area contributed by atoms with Gasteiger partial charge in [0.15, 0.2) is 5.82 Å². The van der Waals surface area contributed by atoms with Crippen molar-refractivity contribution in [1.82, 2.24) is 9.97 Å². The second-order valence-corrected chi connectivity index (χ2v) is 17.3. The summed E-state index contributed by atoms with van der Waals surface area (Å²) in [6.07, 6.45) is 0. The van der Waals surface area contributed by atoms with Crippen LogP contribution >= 0.6 is 0 Å². The smallest absolute Gasteiger partial charge is 0.160 e. The van der Waals surface area contributed by atoms with E-state index in [9.17, 15) is 0 Å². The zero-order chi connectivity index (χ0) is 42.6. The lowest BCUT2D eigenvalue weighted by atomic mass is 9.86. The normalized spacial score (nSPS) is 12.0. The van der Waals surface area contributed by atoms with E-state index in [4.69, 9.17) is 14.4 Å². The highest BCUT2D eigenvalue weighted by Gasteiger charge is 2.18. The lowest BCUT2D eigenvalue weighted by Crippen LogP contribution is -1.96. The van der Waals surface area contributed by atoms with Gasteiger partial charge in [0.25, 0.3) is 0 Å². The Bertz CT molecular complexity index is 4200. The van der Waals surface area contributed by atoms with Crippen molar-refractivity contribution in [2.45, 2.75) is 0 Å². The number of fused-ring (bicyclic) bond motifs is 5. The van der Waals surface area contributed by atoms with E-state index in [1.807, 2.05) is 36.4 Å². The summed E-state index contributed by atoms with van der Waals surface area (Å²) in [4.78, 5) is 10.2. The maximum atomic E-state index is 6.27. The summed E-state index contributed by atoms with van der Waals surface area (Å²) in [5.74, 6) is 0.684. The molecule has 0 aliphatic carbocycles. The van der Waals surface area contributed by atoms with Crippen molar-refractivity contribution >= 4 is 86.6 Å². The minimum atomic E-state index is 0.684. The zero-order valence-corrected chi connectivity index (χ0v) is 35.1. The van der Waals surface area contributed by atoms with Crippen LogP contribution in [0.1, 0.15) is 0 Å². The third-order valence-corrected chi connectivity index (χ3v) is 13.6. The molecule has 2 aromatic heterocycles. The average Bonchev–Trinajstić information content (AvgIpc) is 3.75. The number of rotatable bonds is 5. The molecule has 0 fully saturated rings. The van der Waals surface area contributed by atoms with Crippen molar-refractivity contribution < 1.29 is 4.42 Å². The number of para-hydroxylation sites is 1. The Labute approximate surface area is 373 Å². The van der Waals surface area contributed by atoms with E-state index >= 15 is 0 Å². The van der Waals surface area contributed by atoms with Crippen molar-refractivity contribution in [3.63, 3.8) is 0 Å². The minimum Gasteiger partial charge on any atom is -0.456 e. The molecule has 12 aromatic carbocycles. The third-order valence-electron chi connectivity index (χ3n) is 13.6. The number of benzene rings is 11. The van der Waals surface area contributed by atoms with Gasteiger partial charge >= 0.3 is 0 Å². The van der Waals surface area contributed by atoms with Crippen LogP contribution in [0.2, 0.25) is 0 Å². The Balaban J connectivity index is 0.857. The van der Waals surface area contributed by atoms with E-state index in [-0.39, 0.29) is 0 Å². The van der Waals surface area contributed by atoms with Crippen molar-refractivity contribution in [3.05, 3.63) is 218 Å². The molecule has 0 atom stereocenters. The highest BCUT2D eigenvalue weighted by atomic mass is 16.3. The molecule has 0 unspecified atom stereocenters. The molecule has 3 heteroatoms. The number of furan rings is 1. The van der Waals surface area contributed by atoms with Gasteiger partial charge < -0.3 is 4.42 Å². The first-order valence-corrected chi connectivity index (χ1v) is 22.2. The largest absolute Gasteiger partial charge is 0.456 e. The Morgan fingerprint density at radius 1 is 0.246 bits per heavy atom. The lowest BCUT2D eigenvalue weighted by Gasteiger charge is -2.17. The van der Waals surface area contributed by atoms with Crippen molar-refractivity contribution in [1.29, 1.82) is 0 Å². The van der Waals surface area contributed by atoms with Crippen LogP contribution < -0.4 is 0 Å². The first-order valence-electron chi connectivity index (χ1n) is 22.2. The van der Waals surface area contributed by atoms with Crippen LogP contribution in [0.3, 0.4) is 0 Å². The minimum absolute atomic E-state index is 0.684. The SMILES string of the molecule is c1ccc(-c2nc(-c3ccc(-c4ccc(-c5cc6ccc7cccc8c9cccc%10ccc%11cccc(c(c5)c6c78)c%11c%109)cc4)cc3)cc(-c3ccc4c(c3)oc3ccccc34)n2)cc1. The monoisotopic (exact) mass is 824 g/mol. The molecule has 3 nitrogen and oxygen atoms in total. The van der Waals surface area contributed by atoms with Crippen LogP contribution in [0.15, 0.2) is 223 Å². The van der Waals surface area contributed by atoms with E-state index in [1.54, 1.807) is 0 Å². The fraction of sp³-hybridized carbons (Fsp3) is 0. The molecule has 0 aliphatic rings. The van der Waals surface area contributed by atoms with Crippen LogP contribution in [-0.4, -0.2) is 9.97 Å². The second-order valence-electron chi connectivity index (χ2n) is 17.3. The highest BCUT2D eigenvalue weighted by molar-refractivity contribution is 6.37. The summed E-state index contributed by atoms with van der Waals surface area (Å²) in [7, 11) is 0. The molecule has 0 bridgehead atoms. The van der Waals surface area contributed by atoms with E-state index in [0.717, 1.165) is 61.1 Å². The Morgan fingerprint density at radius 2 is 0.723 bits per heavy atom. The summed E-state index contributed by atoms with van der Waals surface area (Å²) >= 11 is 0. The zero-order valence-electron chi connectivity index (χ0n) is 35.1. The molecule has 65 heavy (non-hydrogen) atoms. The summed E-state index contributed by atoms with van der Waals surface area (Å²) in [6, 6.07) is 78.9. The van der Waals surface area contributed by atoms with Gasteiger partial charge in [-0.3, -0.25) is 0 Å². The van der Waals surface area contributed by atoms with Gasteiger partial charge in [-0.2, -0.15) is 0 Å². The van der Waals surface area contributed by atoms with Crippen LogP contribution in [0.25, 0.3) is 143 Å². The van der Waals surface area contributed by atoms with Gasteiger partial charge in [0.1, 0.15) is 11.2 Å². The summed E-state index contributed by atoms with van der Waals surface area (Å²) < 4.78 is 6.27. The number of aromatic nitrogens is 2. The van der Waals surface area contributed by atoms with E-state index in [1.165, 1.54) is 75.8 Å². The summed E-state index contributed by atoms with van der Waals surface area (Å²) in [6.45, 7) is 0. The van der Waals surface area contributed by atoms with Crippen molar-refractivity contribution in [2.75, 3.05) is 0 Å². The van der Waals surface area contributed by atoms with Crippen LogP contribution in [0.4, 0.5) is 0 Å². The Kier molecular flexibility index (Phi) is 7.69. The van der Waals surface area contributed by atoms with E-state index in [0.29, 0.717) is 5.82 Å². The van der Waals surface area contributed by atoms with Crippen LogP contribution in [-0.2, 0) is 0 Å². The number of hydrogen-bond acceptors (Lipinski definition) is 3. The molecular formula is C62H36N2O. The fourth-order valence-electron chi connectivity index (χ4n) is 10.5. The standard InChI is InChI=1S/C62H36N2O/c1-2-9-44(10-3-1)62-63-54(36-55(64-62)45-31-32-49-48-14-4-5-18-56(48)65-57(49)35-45)40-25-23-38(24-26-40)37-19-21-39(22-20-37)47-33-46-30-29-43-12-7-16-51-50-15-6-11-41-27-28-42-13-8-17-52(60(42)58(41)50)53(34-47)61(46)59(43)51/h1-36H. The number of nitrogens with zero attached hydrogens (tertiary/aromatic N) is 2. The molecule has 0 aliphatic heterocycles. The average molecular weight is 825 g/mol. The van der Waals surface area contributed by atoms with Gasteiger partial charge in [-0.25, -0.2) is 9.97 Å². The predicted molar refractivity (Wildman–Crippen MR) is 273 cm³/mol. The molecule has 0 saturated heterocycles. The van der Waals surface area contributed by atoms with E-state index < -0.39 is 0 Å². The molecule has 0 amide bonds. The first kappa shape index (κ1) is 35.9. The Morgan fingerprint density at radius 3 is 1.37 bits per heavy atom. The quantitative estimate of drug-likeness (QED) is 0.162. The van der Waals surface area contributed by atoms with Gasteiger partial charge in [-0.1, -0.05) is 182 Å². The molecule has 0 radical (unpaired) electrons. The summed E-state index contributed by atoms with van der Waals surface area (Å²) in [5.41, 5.74) is 11.1. The molecule has 0 N–H and O–H groups in total. The van der Waals surface area contributed by atoms with Gasteiger partial charge in [-0.05, 0) is 123 Å². The maximum Gasteiger partial charge on any atom is 0.160 e. The third kappa shape index (κ3) is 5.62. The summed E-state index contributed by atoms with van der Waals surface area (Å²) in [5, 5.41) is 17.7. The van der Waals surface area contributed by atoms with Gasteiger partial charge in [-0.15, -0.1) is 0 Å². The molecular weight excluding hydrogens is 789 g/mol. The van der Waals surface area contributed by atoms with Crippen molar-refractivity contribution in [2.24, 2.45) is 0 Å². The highest BCUT2D eigenvalue weighted by Crippen LogP contribution is 2.45. The molecule has 300 valence electrons. The molecule has 14 aromatic rings. The Hall–Kier alpha value is -8.66. The van der Waals surface area contributed by atoms with Gasteiger partial charge in [0.05, 0.1) is 11.4 Å². The second kappa shape index (κ2) is 13.9. The number of hydrogen-bond donors (Lipinski definition) is 0. The maximum absolute atomic E-state index is 6.27. The molecule has 0 spiro atoms. The van der Waals surface area contributed by atoms with Crippen molar-refractivity contribution in [3.8, 4) is 56.2 Å². The van der Waals surface area contributed by atoms with E-state index in [2.05, 4.69) is 182 Å².